The highest BCUT2D eigenvalue weighted by Crippen LogP contribution is 2.25. The largest absolute Gasteiger partial charge is 0.496 e. The third-order valence-corrected chi connectivity index (χ3v) is 4.07. The Morgan fingerprint density at radius 2 is 2.04 bits per heavy atom. The van der Waals surface area contributed by atoms with Crippen LogP contribution in [0.25, 0.3) is 0 Å². The summed E-state index contributed by atoms with van der Waals surface area (Å²) in [4.78, 5) is 34.4. The Balaban J connectivity index is 2.12. The maximum absolute atomic E-state index is 12.0. The van der Waals surface area contributed by atoms with Crippen LogP contribution < -0.4 is 4.74 Å². The van der Waals surface area contributed by atoms with Gasteiger partial charge in [0.1, 0.15) is 11.3 Å². The summed E-state index contributed by atoms with van der Waals surface area (Å²) in [6, 6.07) is 6.61. The fraction of sp³-hybridized carbons (Fsp3) is 0.143. The SMILES string of the molecule is COc1ccc([N+](=O)[O-])cc1C(=O)OCC(=O)c1ccc(Cl)s1. The zero-order valence-corrected chi connectivity index (χ0v) is 13.3. The van der Waals surface area contributed by atoms with Crippen LogP contribution >= 0.6 is 22.9 Å². The second-order valence-electron chi connectivity index (χ2n) is 4.24. The summed E-state index contributed by atoms with van der Waals surface area (Å²) in [6.07, 6.45) is 0. The van der Waals surface area contributed by atoms with Crippen molar-refractivity contribution in [3.63, 3.8) is 0 Å². The number of carbonyl (C=O) groups excluding carboxylic acids is 2. The lowest BCUT2D eigenvalue weighted by Gasteiger charge is -2.08. The Kier molecular flexibility index (Phi) is 5.30. The van der Waals surface area contributed by atoms with Crippen LogP contribution in [0.3, 0.4) is 0 Å². The van der Waals surface area contributed by atoms with Crippen LogP contribution in [0.1, 0.15) is 20.0 Å². The van der Waals surface area contributed by atoms with Gasteiger partial charge in [0.25, 0.3) is 5.69 Å². The van der Waals surface area contributed by atoms with E-state index >= 15 is 0 Å². The standard InChI is InChI=1S/C14H10ClNO6S/c1-21-11-3-2-8(16(19)20)6-9(11)14(18)22-7-10(17)12-4-5-13(15)23-12/h2-6H,7H2,1H3. The summed E-state index contributed by atoms with van der Waals surface area (Å²) in [5.74, 6) is -1.19. The normalized spacial score (nSPS) is 10.2. The van der Waals surface area contributed by atoms with E-state index in [9.17, 15) is 19.7 Å². The molecule has 0 saturated heterocycles. The van der Waals surface area contributed by atoms with Gasteiger partial charge < -0.3 is 9.47 Å². The minimum absolute atomic E-state index is 0.118. The molecule has 0 spiro atoms. The molecule has 0 aliphatic carbocycles. The molecule has 0 radical (unpaired) electrons. The molecule has 2 rings (SSSR count). The second kappa shape index (κ2) is 7.21. The Labute approximate surface area is 139 Å². The molecule has 0 bridgehead atoms. The maximum Gasteiger partial charge on any atom is 0.342 e. The van der Waals surface area contributed by atoms with Crippen molar-refractivity contribution in [3.8, 4) is 5.75 Å². The van der Waals surface area contributed by atoms with Crippen molar-refractivity contribution in [1.82, 2.24) is 0 Å². The average Bonchev–Trinajstić information content (AvgIpc) is 2.98. The summed E-state index contributed by atoms with van der Waals surface area (Å²) in [6.45, 7) is -0.498. The number of hydrogen-bond donors (Lipinski definition) is 0. The molecule has 2 aromatic rings. The number of non-ortho nitro benzene ring substituents is 1. The molecule has 1 heterocycles. The van der Waals surface area contributed by atoms with E-state index in [0.717, 1.165) is 17.4 Å². The van der Waals surface area contributed by atoms with Crippen LogP contribution in [0.4, 0.5) is 5.69 Å². The van der Waals surface area contributed by atoms with Crippen LogP contribution in [0.5, 0.6) is 5.75 Å². The van der Waals surface area contributed by atoms with Crippen LogP contribution in [-0.2, 0) is 4.74 Å². The highest BCUT2D eigenvalue weighted by atomic mass is 35.5. The van der Waals surface area contributed by atoms with E-state index in [1.54, 1.807) is 6.07 Å². The van der Waals surface area contributed by atoms with Gasteiger partial charge in [0.15, 0.2) is 6.61 Å². The quantitative estimate of drug-likeness (QED) is 0.341. The number of thiophene rings is 1. The van der Waals surface area contributed by atoms with Crippen molar-refractivity contribution in [1.29, 1.82) is 0 Å². The molecule has 0 atom stereocenters. The minimum atomic E-state index is -0.887. The van der Waals surface area contributed by atoms with E-state index in [1.807, 2.05) is 0 Å². The first-order valence-electron chi connectivity index (χ1n) is 6.20. The Hall–Kier alpha value is -2.45. The molecule has 1 aromatic heterocycles. The van der Waals surface area contributed by atoms with Crippen molar-refractivity contribution in [2.45, 2.75) is 0 Å². The first-order valence-corrected chi connectivity index (χ1v) is 7.40. The van der Waals surface area contributed by atoms with Crippen molar-refractivity contribution in [2.75, 3.05) is 13.7 Å². The molecule has 120 valence electrons. The first-order chi connectivity index (χ1) is 10.9. The van der Waals surface area contributed by atoms with Gasteiger partial charge in [-0.3, -0.25) is 14.9 Å². The van der Waals surface area contributed by atoms with Crippen molar-refractivity contribution in [2.24, 2.45) is 0 Å². The lowest BCUT2D eigenvalue weighted by Crippen LogP contribution is -2.14. The van der Waals surface area contributed by atoms with Gasteiger partial charge in [-0.15, -0.1) is 11.3 Å². The fourth-order valence-electron chi connectivity index (χ4n) is 1.71. The van der Waals surface area contributed by atoms with E-state index < -0.39 is 23.3 Å². The van der Waals surface area contributed by atoms with Crippen LogP contribution in [0.2, 0.25) is 4.34 Å². The number of methoxy groups -OCH3 is 1. The number of Topliss-reactive ketones (excluding diaryl/α,β-unsaturated/α-hetero) is 1. The number of carbonyl (C=O) groups is 2. The third kappa shape index (κ3) is 4.05. The lowest BCUT2D eigenvalue weighted by molar-refractivity contribution is -0.384. The molecule has 9 heteroatoms. The van der Waals surface area contributed by atoms with Gasteiger partial charge in [-0.2, -0.15) is 0 Å². The van der Waals surface area contributed by atoms with Gasteiger partial charge in [-0.1, -0.05) is 11.6 Å². The van der Waals surface area contributed by atoms with Gasteiger partial charge in [-0.05, 0) is 18.2 Å². The summed E-state index contributed by atoms with van der Waals surface area (Å²) in [5, 5.41) is 10.8. The van der Waals surface area contributed by atoms with Crippen LogP contribution in [0, 0.1) is 10.1 Å². The maximum atomic E-state index is 12.0. The van der Waals surface area contributed by atoms with E-state index in [2.05, 4.69) is 0 Å². The van der Waals surface area contributed by atoms with Crippen LogP contribution in [0.15, 0.2) is 30.3 Å². The molecular formula is C14H10ClNO6S. The van der Waals surface area contributed by atoms with Gasteiger partial charge in [0, 0.05) is 12.1 Å². The number of benzene rings is 1. The Bertz CT molecular complexity index is 772. The number of hydrogen-bond acceptors (Lipinski definition) is 7. The number of nitro groups is 1. The Morgan fingerprint density at radius 3 is 2.61 bits per heavy atom. The molecule has 0 unspecified atom stereocenters. The molecule has 1 aromatic carbocycles. The first kappa shape index (κ1) is 16.9. The second-order valence-corrected chi connectivity index (χ2v) is 5.96. The lowest BCUT2D eigenvalue weighted by atomic mass is 10.2. The fourth-order valence-corrected chi connectivity index (χ4v) is 2.68. The minimum Gasteiger partial charge on any atom is -0.496 e. The third-order valence-electron chi connectivity index (χ3n) is 2.80. The van der Waals surface area contributed by atoms with E-state index in [-0.39, 0.29) is 17.0 Å². The number of ketones is 1. The summed E-state index contributed by atoms with van der Waals surface area (Å²) in [7, 11) is 1.32. The zero-order chi connectivity index (χ0) is 17.0. The monoisotopic (exact) mass is 355 g/mol. The van der Waals surface area contributed by atoms with E-state index in [0.29, 0.717) is 9.21 Å². The molecule has 0 fully saturated rings. The van der Waals surface area contributed by atoms with E-state index in [4.69, 9.17) is 21.1 Å². The summed E-state index contributed by atoms with van der Waals surface area (Å²) >= 11 is 6.80. The van der Waals surface area contributed by atoms with Crippen molar-refractivity contribution < 1.29 is 24.0 Å². The number of ether oxygens (including phenoxy) is 2. The molecule has 0 aliphatic rings. The number of nitro benzene ring substituents is 1. The van der Waals surface area contributed by atoms with Gasteiger partial charge in [0.05, 0.1) is 21.2 Å². The highest BCUT2D eigenvalue weighted by Gasteiger charge is 2.20. The van der Waals surface area contributed by atoms with E-state index in [1.165, 1.54) is 25.3 Å². The van der Waals surface area contributed by atoms with Gasteiger partial charge in [-0.25, -0.2) is 4.79 Å². The summed E-state index contributed by atoms with van der Waals surface area (Å²) in [5.41, 5.74) is -0.409. The molecular weight excluding hydrogens is 346 g/mol. The molecule has 23 heavy (non-hydrogen) atoms. The number of halogens is 1. The molecule has 0 amide bonds. The predicted molar refractivity (Wildman–Crippen MR) is 83.6 cm³/mol. The van der Waals surface area contributed by atoms with Crippen LogP contribution in [-0.4, -0.2) is 30.4 Å². The summed E-state index contributed by atoms with van der Waals surface area (Å²) < 4.78 is 10.3. The average molecular weight is 356 g/mol. The molecule has 0 aliphatic heterocycles. The topological polar surface area (TPSA) is 95.7 Å². The number of rotatable bonds is 6. The molecule has 0 N–H and O–H groups in total. The Morgan fingerprint density at radius 1 is 1.30 bits per heavy atom. The number of nitrogens with zero attached hydrogens (tertiary/aromatic N) is 1. The predicted octanol–water partition coefficient (Wildman–Crippen LogP) is 3.36. The highest BCUT2D eigenvalue weighted by molar-refractivity contribution is 7.18. The molecule has 7 nitrogen and oxygen atoms in total. The van der Waals surface area contributed by atoms with Gasteiger partial charge in [0.2, 0.25) is 5.78 Å². The zero-order valence-electron chi connectivity index (χ0n) is 11.8. The smallest absolute Gasteiger partial charge is 0.342 e. The van der Waals surface area contributed by atoms with Crippen molar-refractivity contribution >= 4 is 40.4 Å². The number of esters is 1. The van der Waals surface area contributed by atoms with Gasteiger partial charge >= 0.3 is 5.97 Å². The van der Waals surface area contributed by atoms with Crippen molar-refractivity contribution in [3.05, 3.63) is 55.2 Å². The molecule has 0 saturated carbocycles.